The van der Waals surface area contributed by atoms with Crippen molar-refractivity contribution in [3.8, 4) is 0 Å². The van der Waals surface area contributed by atoms with Gasteiger partial charge in [-0.1, -0.05) is 13.5 Å². The Labute approximate surface area is 129 Å². The third kappa shape index (κ3) is 2.25. The topological polar surface area (TPSA) is 98.8 Å². The van der Waals surface area contributed by atoms with Gasteiger partial charge in [0, 0.05) is 17.4 Å². The van der Waals surface area contributed by atoms with Crippen LogP contribution >= 0.6 is 0 Å². The van der Waals surface area contributed by atoms with Crippen LogP contribution in [-0.2, 0) is 28.6 Å². The highest BCUT2D eigenvalue weighted by Crippen LogP contribution is 2.58. The lowest BCUT2D eigenvalue weighted by atomic mass is 9.85. The van der Waals surface area contributed by atoms with Crippen molar-refractivity contribution >= 4 is 22.0 Å². The maximum atomic E-state index is 12.1. The highest BCUT2D eigenvalue weighted by molar-refractivity contribution is 7.87. The van der Waals surface area contributed by atoms with Gasteiger partial charge < -0.3 is 10.1 Å². The average molecular weight is 329 g/mol. The monoisotopic (exact) mass is 329 g/mol. The fraction of sp³-hybridized carbons (Fsp3) is 0.714. The molecule has 8 heteroatoms. The number of fused-ring (bicyclic) bond motifs is 1. The molecule has 2 aliphatic carbocycles. The maximum Gasteiger partial charge on any atom is 0.325 e. The van der Waals surface area contributed by atoms with E-state index in [1.54, 1.807) is 0 Å². The zero-order valence-electron chi connectivity index (χ0n) is 12.4. The van der Waals surface area contributed by atoms with E-state index >= 15 is 0 Å². The molecular formula is C14H19NO6S. The van der Waals surface area contributed by atoms with E-state index in [0.29, 0.717) is 6.42 Å². The minimum Gasteiger partial charge on any atom is -0.459 e. The largest absolute Gasteiger partial charge is 0.459 e. The van der Waals surface area contributed by atoms with Gasteiger partial charge in [0.15, 0.2) is 0 Å². The molecule has 7 nitrogen and oxygen atoms in total. The van der Waals surface area contributed by atoms with Crippen LogP contribution in [0.1, 0.15) is 20.3 Å². The van der Waals surface area contributed by atoms with Crippen LogP contribution in [0.25, 0.3) is 0 Å². The Morgan fingerprint density at radius 1 is 1.36 bits per heavy atom. The molecule has 0 aromatic rings. The molecule has 122 valence electrons. The molecule has 6 atom stereocenters. The van der Waals surface area contributed by atoms with Gasteiger partial charge in [0.05, 0.1) is 6.10 Å². The lowest BCUT2D eigenvalue weighted by molar-refractivity contribution is -0.152. The van der Waals surface area contributed by atoms with Crippen LogP contribution in [0.2, 0.25) is 0 Å². The SMILES string of the molecule is C=C(C)C(=O)NCC(=O)OC1C2CC3C(OS(=O)(=O)C31)C2C. The van der Waals surface area contributed by atoms with Gasteiger partial charge in [-0.15, -0.1) is 0 Å². The van der Waals surface area contributed by atoms with E-state index in [1.807, 2.05) is 6.92 Å². The molecule has 0 aromatic carbocycles. The lowest BCUT2D eigenvalue weighted by Gasteiger charge is -2.29. The Morgan fingerprint density at radius 2 is 2.05 bits per heavy atom. The normalized spacial score (nSPS) is 40.5. The van der Waals surface area contributed by atoms with Gasteiger partial charge in [-0.25, -0.2) is 0 Å². The van der Waals surface area contributed by atoms with Crippen molar-refractivity contribution in [2.24, 2.45) is 17.8 Å². The van der Waals surface area contributed by atoms with Gasteiger partial charge in [0.1, 0.15) is 17.9 Å². The van der Waals surface area contributed by atoms with Gasteiger partial charge in [-0.05, 0) is 19.3 Å². The average Bonchev–Trinajstić information content (AvgIpc) is 2.99. The maximum absolute atomic E-state index is 12.1. The van der Waals surface area contributed by atoms with E-state index in [1.165, 1.54) is 6.92 Å². The van der Waals surface area contributed by atoms with Crippen LogP contribution in [-0.4, -0.2) is 44.3 Å². The molecule has 0 aromatic heterocycles. The Morgan fingerprint density at radius 3 is 2.68 bits per heavy atom. The molecule has 1 N–H and O–H groups in total. The van der Waals surface area contributed by atoms with Gasteiger partial charge in [-0.3, -0.25) is 13.8 Å². The summed E-state index contributed by atoms with van der Waals surface area (Å²) >= 11 is 0. The molecule has 3 fully saturated rings. The van der Waals surface area contributed by atoms with Crippen LogP contribution in [0.3, 0.4) is 0 Å². The summed E-state index contributed by atoms with van der Waals surface area (Å²) < 4.78 is 34.7. The Kier molecular flexibility index (Phi) is 3.56. The molecule has 2 saturated carbocycles. The number of carbonyl (C=O) groups excluding carboxylic acids is 2. The van der Waals surface area contributed by atoms with E-state index in [2.05, 4.69) is 11.9 Å². The zero-order valence-corrected chi connectivity index (χ0v) is 13.3. The minimum atomic E-state index is -3.68. The van der Waals surface area contributed by atoms with Crippen molar-refractivity contribution in [3.05, 3.63) is 12.2 Å². The molecule has 2 bridgehead atoms. The Balaban J connectivity index is 1.67. The highest BCUT2D eigenvalue weighted by atomic mass is 32.2. The first kappa shape index (κ1) is 15.5. The van der Waals surface area contributed by atoms with Crippen molar-refractivity contribution in [1.82, 2.24) is 5.32 Å². The number of hydrogen-bond donors (Lipinski definition) is 1. The van der Waals surface area contributed by atoms with Gasteiger partial charge in [0.25, 0.3) is 10.1 Å². The predicted molar refractivity (Wildman–Crippen MR) is 76.0 cm³/mol. The summed E-state index contributed by atoms with van der Waals surface area (Å²) in [6.45, 7) is 6.62. The molecule has 22 heavy (non-hydrogen) atoms. The van der Waals surface area contributed by atoms with E-state index < -0.39 is 33.3 Å². The summed E-state index contributed by atoms with van der Waals surface area (Å²) in [7, 11) is -3.68. The smallest absolute Gasteiger partial charge is 0.325 e. The quantitative estimate of drug-likeness (QED) is 0.442. The second-order valence-electron chi connectivity index (χ2n) is 6.36. The second-order valence-corrected chi connectivity index (χ2v) is 8.08. The second kappa shape index (κ2) is 5.06. The Bertz CT molecular complexity index is 642. The number of nitrogens with one attached hydrogen (secondary N) is 1. The van der Waals surface area contributed by atoms with E-state index in [4.69, 9.17) is 8.92 Å². The molecule has 6 unspecified atom stereocenters. The highest BCUT2D eigenvalue weighted by Gasteiger charge is 2.68. The first-order valence-electron chi connectivity index (χ1n) is 7.27. The summed E-state index contributed by atoms with van der Waals surface area (Å²) in [5.74, 6) is -1.12. The Hall–Kier alpha value is -1.41. The fourth-order valence-corrected chi connectivity index (χ4v) is 5.98. The first-order chi connectivity index (χ1) is 10.2. The lowest BCUT2D eigenvalue weighted by Crippen LogP contribution is -2.44. The molecule has 3 aliphatic rings. The van der Waals surface area contributed by atoms with Crippen LogP contribution in [0, 0.1) is 17.8 Å². The van der Waals surface area contributed by atoms with Crippen molar-refractivity contribution in [1.29, 1.82) is 0 Å². The van der Waals surface area contributed by atoms with Crippen molar-refractivity contribution in [2.75, 3.05) is 6.54 Å². The van der Waals surface area contributed by atoms with Gasteiger partial charge >= 0.3 is 5.97 Å². The zero-order chi connectivity index (χ0) is 16.2. The minimum absolute atomic E-state index is 0.00179. The fourth-order valence-electron chi connectivity index (χ4n) is 3.95. The molecule has 1 aliphatic heterocycles. The van der Waals surface area contributed by atoms with Crippen molar-refractivity contribution in [2.45, 2.75) is 37.7 Å². The number of esters is 1. The van der Waals surface area contributed by atoms with Crippen molar-refractivity contribution in [3.63, 3.8) is 0 Å². The molecule has 1 saturated heterocycles. The third-order valence-corrected chi connectivity index (χ3v) is 6.73. The number of carbonyl (C=O) groups is 2. The summed E-state index contributed by atoms with van der Waals surface area (Å²) in [5.41, 5.74) is 0.288. The molecule has 0 spiro atoms. The van der Waals surface area contributed by atoms with E-state index in [-0.39, 0.29) is 36.0 Å². The van der Waals surface area contributed by atoms with Crippen molar-refractivity contribution < 1.29 is 26.9 Å². The van der Waals surface area contributed by atoms with E-state index in [0.717, 1.165) is 0 Å². The number of amides is 1. The number of ether oxygens (including phenoxy) is 1. The molecular weight excluding hydrogens is 310 g/mol. The first-order valence-corrected chi connectivity index (χ1v) is 8.75. The molecule has 1 amide bonds. The molecule has 1 heterocycles. The summed E-state index contributed by atoms with van der Waals surface area (Å²) in [4.78, 5) is 23.3. The standard InChI is InChI=1S/C14H19NO6S/c1-6(2)14(17)15-5-10(16)20-12-8-4-9-11(7(8)3)21-22(18,19)13(9)12/h7-9,11-13H,1,4-5H2,2-3H3,(H,15,17). The molecule has 0 radical (unpaired) electrons. The van der Waals surface area contributed by atoms with Crippen LogP contribution < -0.4 is 5.32 Å². The molecule has 3 rings (SSSR count). The van der Waals surface area contributed by atoms with Crippen LogP contribution in [0.5, 0.6) is 0 Å². The predicted octanol–water partition coefficient (Wildman–Crippen LogP) is -0.0265. The number of hydrogen-bond acceptors (Lipinski definition) is 6. The third-order valence-electron chi connectivity index (χ3n) is 4.95. The van der Waals surface area contributed by atoms with Gasteiger partial charge in [-0.2, -0.15) is 8.42 Å². The number of rotatable bonds is 4. The van der Waals surface area contributed by atoms with Gasteiger partial charge in [0.2, 0.25) is 5.91 Å². The summed E-state index contributed by atoms with van der Waals surface area (Å²) in [5, 5.41) is 1.62. The summed E-state index contributed by atoms with van der Waals surface area (Å²) in [6.07, 6.45) is -0.262. The summed E-state index contributed by atoms with van der Waals surface area (Å²) in [6, 6.07) is 0. The van der Waals surface area contributed by atoms with Crippen LogP contribution in [0.15, 0.2) is 12.2 Å². The van der Waals surface area contributed by atoms with Crippen LogP contribution in [0.4, 0.5) is 0 Å². The van der Waals surface area contributed by atoms with E-state index in [9.17, 15) is 18.0 Å².